The maximum atomic E-state index is 13.8. The molecule has 3 aromatic carbocycles. The number of anilines is 1. The van der Waals surface area contributed by atoms with Gasteiger partial charge in [-0.1, -0.05) is 66.7 Å². The number of carbonyl (C=O) groups excluding carboxylic acids is 2. The summed E-state index contributed by atoms with van der Waals surface area (Å²) in [5.41, 5.74) is 9.80. The molecule has 3 N–H and O–H groups in total. The van der Waals surface area contributed by atoms with E-state index in [1.54, 1.807) is 7.05 Å². The van der Waals surface area contributed by atoms with Crippen molar-refractivity contribution in [1.29, 1.82) is 0 Å². The fraction of sp³-hybridized carbons (Fsp3) is 0.310. The molecule has 36 heavy (non-hydrogen) atoms. The third-order valence-corrected chi connectivity index (χ3v) is 6.62. The minimum Gasteiger partial charge on any atom is -0.493 e. The van der Waals surface area contributed by atoms with Gasteiger partial charge in [-0.15, -0.1) is 12.4 Å². The maximum absolute atomic E-state index is 13.8. The number of hydrogen-bond acceptors (Lipinski definition) is 4. The molecule has 190 valence electrons. The summed E-state index contributed by atoms with van der Waals surface area (Å²) >= 11 is 0. The van der Waals surface area contributed by atoms with Gasteiger partial charge in [-0.2, -0.15) is 0 Å². The van der Waals surface area contributed by atoms with E-state index < -0.39 is 11.9 Å². The van der Waals surface area contributed by atoms with Crippen molar-refractivity contribution in [2.75, 3.05) is 18.6 Å². The number of nitrogens with two attached hydrogens (primary N) is 1. The topological polar surface area (TPSA) is 84.7 Å². The van der Waals surface area contributed by atoms with Gasteiger partial charge in [0.05, 0.1) is 24.9 Å². The van der Waals surface area contributed by atoms with Crippen molar-refractivity contribution in [1.82, 2.24) is 5.32 Å². The lowest BCUT2D eigenvalue weighted by Crippen LogP contribution is -2.44. The molecular formula is C29H34ClN3O3. The fourth-order valence-corrected chi connectivity index (χ4v) is 4.63. The molecule has 1 aliphatic heterocycles. The highest BCUT2D eigenvalue weighted by Crippen LogP contribution is 2.35. The van der Waals surface area contributed by atoms with Gasteiger partial charge in [0, 0.05) is 18.4 Å². The first kappa shape index (κ1) is 27.2. The van der Waals surface area contributed by atoms with Crippen LogP contribution in [0.5, 0.6) is 5.75 Å². The molecule has 0 unspecified atom stereocenters. The number of carbonyl (C=O) groups is 2. The SMILES string of the molecule is CN[C@@H](C[C@@H]1CCc2ccc(OCCc3ccccc3)cc2N(Cc2ccccc2)C1=O)C(N)=O.Cl. The highest BCUT2D eigenvalue weighted by Gasteiger charge is 2.33. The zero-order chi connectivity index (χ0) is 24.6. The number of benzene rings is 3. The molecule has 1 heterocycles. The third kappa shape index (κ3) is 6.86. The standard InChI is InChI=1S/C29H33N3O3.ClH/c1-31-26(28(30)33)18-24-13-12-23-14-15-25(35-17-16-21-8-4-2-5-9-21)19-27(23)32(29(24)34)20-22-10-6-3-7-11-22;/h2-11,14-15,19,24,26,31H,12-13,16-18,20H2,1H3,(H2,30,33);1H/t24-,26-;/m0./s1. The van der Waals surface area contributed by atoms with Crippen LogP contribution in [0.4, 0.5) is 5.69 Å². The summed E-state index contributed by atoms with van der Waals surface area (Å²) in [7, 11) is 1.70. The van der Waals surface area contributed by atoms with Crippen molar-refractivity contribution in [3.8, 4) is 5.75 Å². The highest BCUT2D eigenvalue weighted by atomic mass is 35.5. The van der Waals surface area contributed by atoms with Crippen molar-refractivity contribution >= 4 is 29.9 Å². The first-order chi connectivity index (χ1) is 17.0. The number of primary amides is 1. The number of fused-ring (bicyclic) bond motifs is 1. The van der Waals surface area contributed by atoms with Gasteiger partial charge in [-0.3, -0.25) is 9.59 Å². The number of likely N-dealkylation sites (N-methyl/N-ethyl adjacent to an activating group) is 1. The quantitative estimate of drug-likeness (QED) is 0.429. The second-order valence-electron chi connectivity index (χ2n) is 9.00. The van der Waals surface area contributed by atoms with Crippen LogP contribution in [0, 0.1) is 5.92 Å². The molecule has 0 bridgehead atoms. The molecule has 0 aromatic heterocycles. The summed E-state index contributed by atoms with van der Waals surface area (Å²) in [6, 6.07) is 25.7. The number of aryl methyl sites for hydroxylation is 1. The summed E-state index contributed by atoms with van der Waals surface area (Å²) < 4.78 is 6.08. The van der Waals surface area contributed by atoms with Crippen LogP contribution in [0.3, 0.4) is 0 Å². The van der Waals surface area contributed by atoms with Crippen LogP contribution in [-0.4, -0.2) is 31.5 Å². The van der Waals surface area contributed by atoms with Crippen LogP contribution in [0.15, 0.2) is 78.9 Å². The van der Waals surface area contributed by atoms with E-state index in [-0.39, 0.29) is 24.2 Å². The van der Waals surface area contributed by atoms with Gasteiger partial charge >= 0.3 is 0 Å². The summed E-state index contributed by atoms with van der Waals surface area (Å²) in [5.74, 6) is 0.00838. The molecular weight excluding hydrogens is 474 g/mol. The molecule has 3 aromatic rings. The number of ether oxygens (including phenoxy) is 1. The lowest BCUT2D eigenvalue weighted by atomic mass is 9.93. The van der Waals surface area contributed by atoms with E-state index in [1.165, 1.54) is 5.56 Å². The van der Waals surface area contributed by atoms with Gasteiger partial charge in [0.25, 0.3) is 0 Å². The Kier molecular flexibility index (Phi) is 9.91. The van der Waals surface area contributed by atoms with E-state index >= 15 is 0 Å². The Labute approximate surface area is 219 Å². The van der Waals surface area contributed by atoms with E-state index in [4.69, 9.17) is 10.5 Å². The normalized spacial score (nSPS) is 15.9. The van der Waals surface area contributed by atoms with Crippen LogP contribution in [0.25, 0.3) is 0 Å². The lowest BCUT2D eigenvalue weighted by Gasteiger charge is -2.27. The van der Waals surface area contributed by atoms with E-state index in [0.717, 1.165) is 35.4 Å². The van der Waals surface area contributed by atoms with E-state index in [1.807, 2.05) is 65.6 Å². The number of rotatable bonds is 10. The van der Waals surface area contributed by atoms with Gasteiger partial charge in [-0.25, -0.2) is 0 Å². The van der Waals surface area contributed by atoms with E-state index in [9.17, 15) is 9.59 Å². The average Bonchev–Trinajstić information content (AvgIpc) is 3.00. The van der Waals surface area contributed by atoms with Crippen molar-refractivity contribution < 1.29 is 14.3 Å². The first-order valence-electron chi connectivity index (χ1n) is 12.2. The summed E-state index contributed by atoms with van der Waals surface area (Å²) in [4.78, 5) is 27.5. The molecule has 0 saturated heterocycles. The Balaban J connectivity index is 0.00000361. The predicted molar refractivity (Wildman–Crippen MR) is 145 cm³/mol. The van der Waals surface area contributed by atoms with Crippen LogP contribution in [0.2, 0.25) is 0 Å². The molecule has 6 nitrogen and oxygen atoms in total. The van der Waals surface area contributed by atoms with Crippen LogP contribution < -0.4 is 20.7 Å². The minimum atomic E-state index is -0.541. The van der Waals surface area contributed by atoms with Gasteiger partial charge in [-0.05, 0) is 49.1 Å². The Bertz CT molecular complexity index is 1140. The molecule has 4 rings (SSSR count). The summed E-state index contributed by atoms with van der Waals surface area (Å²) in [5, 5.41) is 2.96. The Morgan fingerprint density at radius 2 is 1.72 bits per heavy atom. The van der Waals surface area contributed by atoms with Crippen molar-refractivity contribution in [3.05, 3.63) is 95.6 Å². The van der Waals surface area contributed by atoms with Crippen molar-refractivity contribution in [2.24, 2.45) is 11.7 Å². The fourth-order valence-electron chi connectivity index (χ4n) is 4.63. The second kappa shape index (κ2) is 13.1. The molecule has 0 fully saturated rings. The monoisotopic (exact) mass is 507 g/mol. The zero-order valence-corrected chi connectivity index (χ0v) is 21.4. The number of nitrogens with one attached hydrogen (secondary N) is 1. The van der Waals surface area contributed by atoms with Gasteiger partial charge < -0.3 is 20.7 Å². The van der Waals surface area contributed by atoms with E-state index in [2.05, 4.69) is 23.5 Å². The molecule has 0 aliphatic carbocycles. The molecule has 0 radical (unpaired) electrons. The van der Waals surface area contributed by atoms with Crippen LogP contribution >= 0.6 is 12.4 Å². The highest BCUT2D eigenvalue weighted by molar-refractivity contribution is 5.97. The average molecular weight is 508 g/mol. The third-order valence-electron chi connectivity index (χ3n) is 6.62. The molecule has 0 spiro atoms. The number of halogens is 1. The number of nitrogens with zero attached hydrogens (tertiary/aromatic N) is 1. The number of hydrogen-bond donors (Lipinski definition) is 2. The van der Waals surface area contributed by atoms with Gasteiger partial charge in [0.2, 0.25) is 11.8 Å². The van der Waals surface area contributed by atoms with Gasteiger partial charge in [0.1, 0.15) is 5.75 Å². The molecule has 0 saturated carbocycles. The van der Waals surface area contributed by atoms with E-state index in [0.29, 0.717) is 26.0 Å². The van der Waals surface area contributed by atoms with Crippen molar-refractivity contribution in [3.63, 3.8) is 0 Å². The predicted octanol–water partition coefficient (Wildman–Crippen LogP) is 4.29. The second-order valence-corrected chi connectivity index (χ2v) is 9.00. The Morgan fingerprint density at radius 1 is 1.06 bits per heavy atom. The van der Waals surface area contributed by atoms with Gasteiger partial charge in [0.15, 0.2) is 0 Å². The Morgan fingerprint density at radius 3 is 2.36 bits per heavy atom. The smallest absolute Gasteiger partial charge is 0.234 e. The number of amides is 2. The largest absolute Gasteiger partial charge is 0.493 e. The zero-order valence-electron chi connectivity index (χ0n) is 20.6. The maximum Gasteiger partial charge on any atom is 0.234 e. The first-order valence-corrected chi connectivity index (χ1v) is 12.2. The van der Waals surface area contributed by atoms with Crippen LogP contribution in [0.1, 0.15) is 29.5 Å². The molecule has 2 amide bonds. The molecule has 1 aliphatic rings. The summed E-state index contributed by atoms with van der Waals surface area (Å²) in [6.07, 6.45) is 2.60. The van der Waals surface area contributed by atoms with Crippen LogP contribution in [-0.2, 0) is 29.0 Å². The molecule has 7 heteroatoms. The molecule has 2 atom stereocenters. The minimum absolute atomic E-state index is 0. The summed E-state index contributed by atoms with van der Waals surface area (Å²) in [6.45, 7) is 1.01. The lowest BCUT2D eigenvalue weighted by molar-refractivity contribution is -0.124. The Hall–Kier alpha value is -3.35. The van der Waals surface area contributed by atoms with Crippen molar-refractivity contribution in [2.45, 2.75) is 38.3 Å².